The lowest BCUT2D eigenvalue weighted by Crippen LogP contribution is -2.39. The predicted molar refractivity (Wildman–Crippen MR) is 49.5 cm³/mol. The standard InChI is InChI=1S/C9H17N3/c1-11-7-9(6-10-8-11)12-4-2-3-5-12/h6,10H,2-5,7-8H2,1H3. The summed E-state index contributed by atoms with van der Waals surface area (Å²) in [6, 6.07) is 0. The molecule has 1 fully saturated rings. The van der Waals surface area contributed by atoms with E-state index in [1.807, 2.05) is 0 Å². The minimum absolute atomic E-state index is 0.983. The van der Waals surface area contributed by atoms with E-state index in [1.165, 1.54) is 31.6 Å². The molecule has 3 heteroatoms. The Morgan fingerprint density at radius 1 is 1.33 bits per heavy atom. The summed E-state index contributed by atoms with van der Waals surface area (Å²) >= 11 is 0. The van der Waals surface area contributed by atoms with Crippen molar-refractivity contribution in [1.82, 2.24) is 15.1 Å². The highest BCUT2D eigenvalue weighted by Gasteiger charge is 2.17. The zero-order valence-electron chi connectivity index (χ0n) is 7.71. The first-order chi connectivity index (χ1) is 5.86. The lowest BCUT2D eigenvalue weighted by atomic mass is 10.3. The highest BCUT2D eigenvalue weighted by atomic mass is 15.3. The predicted octanol–water partition coefficient (Wildman–Crippen LogP) is 0.416. The smallest absolute Gasteiger partial charge is 0.0674 e. The van der Waals surface area contributed by atoms with Crippen LogP contribution in [0.15, 0.2) is 11.9 Å². The minimum atomic E-state index is 0.983. The van der Waals surface area contributed by atoms with E-state index >= 15 is 0 Å². The lowest BCUT2D eigenvalue weighted by Gasteiger charge is -2.30. The summed E-state index contributed by atoms with van der Waals surface area (Å²) in [4.78, 5) is 4.79. The van der Waals surface area contributed by atoms with Crippen molar-refractivity contribution in [3.05, 3.63) is 11.9 Å². The fraction of sp³-hybridized carbons (Fsp3) is 0.778. The number of nitrogens with one attached hydrogen (secondary N) is 1. The molecular weight excluding hydrogens is 150 g/mol. The minimum Gasteiger partial charge on any atom is -0.377 e. The van der Waals surface area contributed by atoms with E-state index < -0.39 is 0 Å². The second-order valence-electron chi connectivity index (χ2n) is 3.71. The largest absolute Gasteiger partial charge is 0.377 e. The number of likely N-dealkylation sites (tertiary alicyclic amines) is 1. The van der Waals surface area contributed by atoms with Crippen LogP contribution in [0.4, 0.5) is 0 Å². The van der Waals surface area contributed by atoms with Gasteiger partial charge in [0, 0.05) is 31.5 Å². The van der Waals surface area contributed by atoms with E-state index in [-0.39, 0.29) is 0 Å². The van der Waals surface area contributed by atoms with Crippen LogP contribution in [0, 0.1) is 0 Å². The Labute approximate surface area is 74.0 Å². The summed E-state index contributed by atoms with van der Waals surface area (Å²) < 4.78 is 0. The summed E-state index contributed by atoms with van der Waals surface area (Å²) in [5.74, 6) is 0. The third-order valence-electron chi connectivity index (χ3n) is 2.57. The Morgan fingerprint density at radius 3 is 2.75 bits per heavy atom. The van der Waals surface area contributed by atoms with Crippen molar-refractivity contribution in [3.63, 3.8) is 0 Å². The van der Waals surface area contributed by atoms with Gasteiger partial charge in [-0.05, 0) is 19.9 Å². The SMILES string of the molecule is CN1CNC=C(N2CCCC2)C1. The van der Waals surface area contributed by atoms with E-state index in [9.17, 15) is 0 Å². The van der Waals surface area contributed by atoms with E-state index in [0.29, 0.717) is 0 Å². The van der Waals surface area contributed by atoms with Crippen LogP contribution in [0.25, 0.3) is 0 Å². The van der Waals surface area contributed by atoms with Crippen molar-refractivity contribution in [2.45, 2.75) is 12.8 Å². The van der Waals surface area contributed by atoms with E-state index in [1.54, 1.807) is 0 Å². The van der Waals surface area contributed by atoms with Crippen LogP contribution in [0.5, 0.6) is 0 Å². The fourth-order valence-corrected chi connectivity index (χ4v) is 1.89. The molecule has 0 atom stereocenters. The molecule has 0 amide bonds. The zero-order valence-corrected chi connectivity index (χ0v) is 7.71. The van der Waals surface area contributed by atoms with Gasteiger partial charge in [0.05, 0.1) is 6.67 Å². The molecule has 0 spiro atoms. The molecule has 68 valence electrons. The summed E-state index contributed by atoms with van der Waals surface area (Å²) in [5.41, 5.74) is 1.46. The van der Waals surface area contributed by atoms with Gasteiger partial charge in [0.25, 0.3) is 0 Å². The number of rotatable bonds is 1. The van der Waals surface area contributed by atoms with Gasteiger partial charge in [0.1, 0.15) is 0 Å². The first kappa shape index (κ1) is 7.92. The van der Waals surface area contributed by atoms with Crippen LogP contribution >= 0.6 is 0 Å². The summed E-state index contributed by atoms with van der Waals surface area (Å²) in [6.45, 7) is 4.59. The van der Waals surface area contributed by atoms with Gasteiger partial charge in [-0.25, -0.2) is 0 Å². The summed E-state index contributed by atoms with van der Waals surface area (Å²) in [5, 5.41) is 3.28. The van der Waals surface area contributed by atoms with Crippen LogP contribution in [-0.4, -0.2) is 43.2 Å². The Hall–Kier alpha value is -0.700. The fourth-order valence-electron chi connectivity index (χ4n) is 1.89. The molecule has 0 aromatic carbocycles. The molecule has 2 rings (SSSR count). The Kier molecular flexibility index (Phi) is 2.21. The van der Waals surface area contributed by atoms with Crippen molar-refractivity contribution in [3.8, 4) is 0 Å². The van der Waals surface area contributed by atoms with Gasteiger partial charge in [0.15, 0.2) is 0 Å². The van der Waals surface area contributed by atoms with Gasteiger partial charge in [0.2, 0.25) is 0 Å². The molecule has 2 aliphatic rings. The van der Waals surface area contributed by atoms with Crippen molar-refractivity contribution in [1.29, 1.82) is 0 Å². The average molecular weight is 167 g/mol. The highest BCUT2D eigenvalue weighted by molar-refractivity contribution is 5.06. The Morgan fingerprint density at radius 2 is 2.08 bits per heavy atom. The number of hydrogen-bond donors (Lipinski definition) is 1. The molecular formula is C9H17N3. The van der Waals surface area contributed by atoms with Crippen molar-refractivity contribution >= 4 is 0 Å². The quantitative estimate of drug-likeness (QED) is 0.610. The van der Waals surface area contributed by atoms with E-state index in [2.05, 4.69) is 28.4 Å². The normalized spacial score (nSPS) is 25.4. The molecule has 2 heterocycles. The van der Waals surface area contributed by atoms with Gasteiger partial charge in [-0.3, -0.25) is 4.90 Å². The summed E-state index contributed by atoms with van der Waals surface area (Å²) in [7, 11) is 2.15. The summed E-state index contributed by atoms with van der Waals surface area (Å²) in [6.07, 6.45) is 4.90. The maximum Gasteiger partial charge on any atom is 0.0674 e. The van der Waals surface area contributed by atoms with Crippen LogP contribution < -0.4 is 5.32 Å². The van der Waals surface area contributed by atoms with Crippen LogP contribution in [0.3, 0.4) is 0 Å². The third kappa shape index (κ3) is 1.55. The van der Waals surface area contributed by atoms with Gasteiger partial charge in [-0.2, -0.15) is 0 Å². The third-order valence-corrected chi connectivity index (χ3v) is 2.57. The Balaban J connectivity index is 1.97. The monoisotopic (exact) mass is 167 g/mol. The zero-order chi connectivity index (χ0) is 8.39. The number of hydrogen-bond acceptors (Lipinski definition) is 3. The number of likely N-dealkylation sites (N-methyl/N-ethyl adjacent to an activating group) is 1. The first-order valence-corrected chi connectivity index (χ1v) is 4.72. The molecule has 0 aliphatic carbocycles. The average Bonchev–Trinajstić information content (AvgIpc) is 2.56. The second kappa shape index (κ2) is 3.35. The molecule has 0 aromatic heterocycles. The molecule has 0 bridgehead atoms. The van der Waals surface area contributed by atoms with Gasteiger partial charge >= 0.3 is 0 Å². The molecule has 0 radical (unpaired) electrons. The molecule has 0 unspecified atom stereocenters. The van der Waals surface area contributed by atoms with Crippen LogP contribution in [0.2, 0.25) is 0 Å². The second-order valence-corrected chi connectivity index (χ2v) is 3.71. The topological polar surface area (TPSA) is 18.5 Å². The van der Waals surface area contributed by atoms with Crippen molar-refractivity contribution < 1.29 is 0 Å². The van der Waals surface area contributed by atoms with Gasteiger partial charge < -0.3 is 10.2 Å². The van der Waals surface area contributed by atoms with Crippen molar-refractivity contribution in [2.75, 3.05) is 33.4 Å². The maximum absolute atomic E-state index is 3.28. The molecule has 0 aromatic rings. The van der Waals surface area contributed by atoms with Gasteiger partial charge in [-0.1, -0.05) is 0 Å². The molecule has 2 aliphatic heterocycles. The molecule has 3 nitrogen and oxygen atoms in total. The number of nitrogens with zero attached hydrogens (tertiary/aromatic N) is 2. The molecule has 0 saturated carbocycles. The molecule has 1 saturated heterocycles. The molecule has 12 heavy (non-hydrogen) atoms. The first-order valence-electron chi connectivity index (χ1n) is 4.72. The highest BCUT2D eigenvalue weighted by Crippen LogP contribution is 2.15. The lowest BCUT2D eigenvalue weighted by molar-refractivity contribution is 0.278. The van der Waals surface area contributed by atoms with Crippen molar-refractivity contribution in [2.24, 2.45) is 0 Å². The van der Waals surface area contributed by atoms with E-state index in [4.69, 9.17) is 0 Å². The van der Waals surface area contributed by atoms with Crippen LogP contribution in [-0.2, 0) is 0 Å². The Bertz CT molecular complexity index is 182. The van der Waals surface area contributed by atoms with Crippen LogP contribution in [0.1, 0.15) is 12.8 Å². The maximum atomic E-state index is 3.28. The van der Waals surface area contributed by atoms with E-state index in [0.717, 1.165) is 13.2 Å². The van der Waals surface area contributed by atoms with Gasteiger partial charge in [-0.15, -0.1) is 0 Å². The molecule has 1 N–H and O–H groups in total.